The third-order valence-electron chi connectivity index (χ3n) is 4.00. The summed E-state index contributed by atoms with van der Waals surface area (Å²) in [6, 6.07) is 2.66. The summed E-state index contributed by atoms with van der Waals surface area (Å²) in [5.41, 5.74) is 7.55. The van der Waals surface area contributed by atoms with E-state index in [1.54, 1.807) is 11.3 Å². The molecule has 0 radical (unpaired) electrons. The van der Waals surface area contributed by atoms with E-state index < -0.39 is 0 Å². The highest BCUT2D eigenvalue weighted by atomic mass is 32.1. The normalized spacial score (nSPS) is 29.1. The largest absolute Gasteiger partial charge is 0.380 e. The fraction of sp³-hybridized carbons (Fsp3) is 0.714. The second kappa shape index (κ2) is 6.15. The quantitative estimate of drug-likeness (QED) is 0.912. The van der Waals surface area contributed by atoms with Crippen LogP contribution in [0.1, 0.15) is 31.9 Å². The second-order valence-corrected chi connectivity index (χ2v) is 6.18. The van der Waals surface area contributed by atoms with Crippen molar-refractivity contribution in [3.8, 4) is 0 Å². The lowest BCUT2D eigenvalue weighted by molar-refractivity contribution is -0.0223. The number of ether oxygens (including phenoxy) is 1. The maximum absolute atomic E-state index is 6.20. The van der Waals surface area contributed by atoms with Crippen molar-refractivity contribution in [2.24, 2.45) is 11.7 Å². The van der Waals surface area contributed by atoms with Gasteiger partial charge in [0.05, 0.1) is 12.1 Å². The van der Waals surface area contributed by atoms with E-state index in [4.69, 9.17) is 10.5 Å². The summed E-state index contributed by atoms with van der Waals surface area (Å²) in [5.74, 6) is 0.641. The monoisotopic (exact) mass is 268 g/mol. The standard InChI is InChI=1S/C14H24N2OS/c1-10-4-6-16(8-13(10)17-3)14(11(2)15)12-5-7-18-9-12/h5,7,9-11,13-14H,4,6,8,15H2,1-3H3. The maximum Gasteiger partial charge on any atom is 0.0724 e. The maximum atomic E-state index is 6.20. The SMILES string of the molecule is COC1CN(C(c2ccsc2)C(C)N)CCC1C. The number of methoxy groups -OCH3 is 1. The van der Waals surface area contributed by atoms with Gasteiger partial charge in [0.1, 0.15) is 0 Å². The van der Waals surface area contributed by atoms with Crippen LogP contribution in [0.5, 0.6) is 0 Å². The van der Waals surface area contributed by atoms with Crippen LogP contribution in [-0.2, 0) is 4.74 Å². The molecule has 3 nitrogen and oxygen atoms in total. The van der Waals surface area contributed by atoms with Gasteiger partial charge in [0.15, 0.2) is 0 Å². The molecular formula is C14H24N2OS. The Labute approximate surface area is 114 Å². The van der Waals surface area contributed by atoms with Crippen molar-refractivity contribution in [3.63, 3.8) is 0 Å². The Balaban J connectivity index is 2.12. The third-order valence-corrected chi connectivity index (χ3v) is 4.70. The molecule has 102 valence electrons. The molecule has 2 N–H and O–H groups in total. The predicted molar refractivity (Wildman–Crippen MR) is 76.9 cm³/mol. The third kappa shape index (κ3) is 2.94. The minimum absolute atomic E-state index is 0.144. The summed E-state index contributed by atoms with van der Waals surface area (Å²) in [4.78, 5) is 2.49. The van der Waals surface area contributed by atoms with E-state index in [-0.39, 0.29) is 6.04 Å². The Kier molecular flexibility index (Phi) is 4.78. The second-order valence-electron chi connectivity index (χ2n) is 5.40. The number of rotatable bonds is 4. The number of hydrogen-bond donors (Lipinski definition) is 1. The Hall–Kier alpha value is -0.420. The summed E-state index contributed by atoms with van der Waals surface area (Å²) < 4.78 is 5.60. The van der Waals surface area contributed by atoms with E-state index >= 15 is 0 Å². The lowest BCUT2D eigenvalue weighted by Crippen LogP contribution is -2.49. The average molecular weight is 268 g/mol. The molecule has 2 heterocycles. The van der Waals surface area contributed by atoms with Crippen LogP contribution in [-0.4, -0.2) is 37.2 Å². The topological polar surface area (TPSA) is 38.5 Å². The van der Waals surface area contributed by atoms with E-state index in [2.05, 4.69) is 35.6 Å². The van der Waals surface area contributed by atoms with Gasteiger partial charge in [0, 0.05) is 19.7 Å². The van der Waals surface area contributed by atoms with Gasteiger partial charge in [-0.05, 0) is 48.2 Å². The van der Waals surface area contributed by atoms with Crippen LogP contribution in [0.2, 0.25) is 0 Å². The highest BCUT2D eigenvalue weighted by Crippen LogP contribution is 2.30. The van der Waals surface area contributed by atoms with E-state index in [1.807, 2.05) is 7.11 Å². The number of nitrogens with two attached hydrogens (primary N) is 1. The number of thiophene rings is 1. The molecule has 1 aliphatic heterocycles. The molecule has 18 heavy (non-hydrogen) atoms. The molecule has 1 aromatic rings. The molecule has 0 aromatic carbocycles. The molecule has 0 saturated carbocycles. The van der Waals surface area contributed by atoms with Crippen LogP contribution in [0.4, 0.5) is 0 Å². The zero-order valence-corrected chi connectivity index (χ0v) is 12.3. The molecule has 1 aromatic heterocycles. The van der Waals surface area contributed by atoms with Crippen LogP contribution in [0.15, 0.2) is 16.8 Å². The molecule has 1 fully saturated rings. The zero-order valence-electron chi connectivity index (χ0n) is 11.5. The highest BCUT2D eigenvalue weighted by molar-refractivity contribution is 7.07. The minimum Gasteiger partial charge on any atom is -0.380 e. The fourth-order valence-corrected chi connectivity index (χ4v) is 3.60. The number of hydrogen-bond acceptors (Lipinski definition) is 4. The van der Waals surface area contributed by atoms with Gasteiger partial charge in [-0.1, -0.05) is 6.92 Å². The minimum atomic E-state index is 0.144. The number of likely N-dealkylation sites (tertiary alicyclic amines) is 1. The number of nitrogens with zero attached hydrogens (tertiary/aromatic N) is 1. The first-order valence-corrected chi connectivity index (χ1v) is 7.62. The van der Waals surface area contributed by atoms with Crippen molar-refractivity contribution in [1.29, 1.82) is 0 Å². The molecule has 2 rings (SSSR count). The molecule has 1 saturated heterocycles. The first kappa shape index (κ1) is 14.0. The van der Waals surface area contributed by atoms with Crippen molar-refractivity contribution in [3.05, 3.63) is 22.4 Å². The van der Waals surface area contributed by atoms with Gasteiger partial charge < -0.3 is 10.5 Å². The molecule has 4 unspecified atom stereocenters. The van der Waals surface area contributed by atoms with E-state index in [0.29, 0.717) is 18.1 Å². The van der Waals surface area contributed by atoms with Crippen molar-refractivity contribution in [2.75, 3.05) is 20.2 Å². The first-order chi connectivity index (χ1) is 8.63. The van der Waals surface area contributed by atoms with E-state index in [0.717, 1.165) is 13.1 Å². The molecule has 0 spiro atoms. The summed E-state index contributed by atoms with van der Waals surface area (Å²) in [5, 5.41) is 4.35. The molecule has 4 heteroatoms. The van der Waals surface area contributed by atoms with Crippen LogP contribution >= 0.6 is 11.3 Å². The van der Waals surface area contributed by atoms with Gasteiger partial charge in [-0.25, -0.2) is 0 Å². The van der Waals surface area contributed by atoms with E-state index in [1.165, 1.54) is 12.0 Å². The Bertz CT molecular complexity index is 353. The van der Waals surface area contributed by atoms with Gasteiger partial charge in [0.2, 0.25) is 0 Å². The Morgan fingerprint density at radius 2 is 2.33 bits per heavy atom. The number of piperidine rings is 1. The van der Waals surface area contributed by atoms with Gasteiger partial charge in [0.25, 0.3) is 0 Å². The van der Waals surface area contributed by atoms with Gasteiger partial charge >= 0.3 is 0 Å². The van der Waals surface area contributed by atoms with Crippen molar-refractivity contribution < 1.29 is 4.74 Å². The molecular weight excluding hydrogens is 244 g/mol. The lowest BCUT2D eigenvalue weighted by atomic mass is 9.92. The van der Waals surface area contributed by atoms with Crippen molar-refractivity contribution in [2.45, 2.75) is 38.5 Å². The Morgan fingerprint density at radius 3 is 2.89 bits per heavy atom. The van der Waals surface area contributed by atoms with Gasteiger partial charge in [-0.3, -0.25) is 4.90 Å². The summed E-state index contributed by atoms with van der Waals surface area (Å²) in [6.07, 6.45) is 1.52. The van der Waals surface area contributed by atoms with Crippen LogP contribution in [0, 0.1) is 5.92 Å². The molecule has 0 amide bonds. The van der Waals surface area contributed by atoms with Gasteiger partial charge in [-0.2, -0.15) is 11.3 Å². The van der Waals surface area contributed by atoms with Crippen LogP contribution < -0.4 is 5.73 Å². The zero-order chi connectivity index (χ0) is 13.1. The molecule has 0 bridgehead atoms. The van der Waals surface area contributed by atoms with Gasteiger partial charge in [-0.15, -0.1) is 0 Å². The summed E-state index contributed by atoms with van der Waals surface area (Å²) >= 11 is 1.74. The fourth-order valence-electron chi connectivity index (χ4n) is 2.91. The molecule has 0 aliphatic carbocycles. The summed E-state index contributed by atoms with van der Waals surface area (Å²) in [6.45, 7) is 6.47. The predicted octanol–water partition coefficient (Wildman–Crippen LogP) is 2.49. The lowest BCUT2D eigenvalue weighted by Gasteiger charge is -2.42. The smallest absolute Gasteiger partial charge is 0.0724 e. The first-order valence-electron chi connectivity index (χ1n) is 6.68. The average Bonchev–Trinajstić information content (AvgIpc) is 2.84. The van der Waals surface area contributed by atoms with Crippen LogP contribution in [0.25, 0.3) is 0 Å². The summed E-state index contributed by atoms with van der Waals surface area (Å²) in [7, 11) is 1.82. The Morgan fingerprint density at radius 1 is 1.56 bits per heavy atom. The highest BCUT2D eigenvalue weighted by Gasteiger charge is 2.32. The van der Waals surface area contributed by atoms with Crippen molar-refractivity contribution in [1.82, 2.24) is 4.90 Å². The van der Waals surface area contributed by atoms with Crippen molar-refractivity contribution >= 4 is 11.3 Å². The molecule has 1 aliphatic rings. The van der Waals surface area contributed by atoms with Crippen LogP contribution in [0.3, 0.4) is 0 Å². The van der Waals surface area contributed by atoms with E-state index in [9.17, 15) is 0 Å². The molecule has 4 atom stereocenters.